The molecule has 4 aromatic rings. The maximum absolute atomic E-state index is 13.4. The first-order valence-corrected chi connectivity index (χ1v) is 10.8. The van der Waals surface area contributed by atoms with Gasteiger partial charge in [-0.1, -0.05) is 54.6 Å². The van der Waals surface area contributed by atoms with Crippen molar-refractivity contribution in [3.05, 3.63) is 107 Å². The summed E-state index contributed by atoms with van der Waals surface area (Å²) in [5.41, 5.74) is 2.95. The molecular formula is C28H23NO4. The number of amides is 1. The molecule has 1 unspecified atom stereocenters. The summed E-state index contributed by atoms with van der Waals surface area (Å²) in [5.74, 6) is -0.557. The zero-order chi connectivity index (χ0) is 23.3. The van der Waals surface area contributed by atoms with Crippen LogP contribution in [0.5, 0.6) is 0 Å². The molecule has 2 heterocycles. The molecule has 0 aliphatic carbocycles. The van der Waals surface area contributed by atoms with Gasteiger partial charge >= 0.3 is 0 Å². The lowest BCUT2D eigenvalue weighted by Crippen LogP contribution is -2.30. The lowest BCUT2D eigenvalue weighted by molar-refractivity contribution is -0.132. The Bertz CT molecular complexity index is 1450. The number of benzene rings is 3. The van der Waals surface area contributed by atoms with E-state index in [4.69, 9.17) is 4.42 Å². The molecule has 0 spiro atoms. The third kappa shape index (κ3) is 3.33. The Hall–Kier alpha value is -4.12. The van der Waals surface area contributed by atoms with Gasteiger partial charge in [-0.05, 0) is 60.9 Å². The summed E-state index contributed by atoms with van der Waals surface area (Å²) in [7, 11) is 0. The Balaban J connectivity index is 1.79. The Kier molecular flexibility index (Phi) is 4.90. The van der Waals surface area contributed by atoms with Crippen LogP contribution in [-0.4, -0.2) is 16.8 Å². The predicted molar refractivity (Wildman–Crippen MR) is 128 cm³/mol. The summed E-state index contributed by atoms with van der Waals surface area (Å²) in [5, 5.41) is 13.2. The minimum atomic E-state index is -0.877. The summed E-state index contributed by atoms with van der Waals surface area (Å²) in [6.45, 7) is 5.63. The van der Waals surface area contributed by atoms with Crippen LogP contribution in [0.4, 0.5) is 5.69 Å². The molecule has 3 aromatic carbocycles. The highest BCUT2D eigenvalue weighted by Crippen LogP contribution is 2.44. The van der Waals surface area contributed by atoms with Gasteiger partial charge in [-0.25, -0.2) is 0 Å². The highest BCUT2D eigenvalue weighted by molar-refractivity contribution is 6.51. The van der Waals surface area contributed by atoms with Gasteiger partial charge in [-0.3, -0.25) is 14.5 Å². The molecule has 1 aliphatic rings. The van der Waals surface area contributed by atoms with Crippen LogP contribution >= 0.6 is 0 Å². The number of fused-ring (bicyclic) bond motifs is 1. The number of carbonyl (C=O) groups is 2. The monoisotopic (exact) mass is 437 g/mol. The molecule has 0 saturated carbocycles. The number of Topliss-reactive ketones (excluding diaryl/α,β-unsaturated/α-hetero) is 1. The van der Waals surface area contributed by atoms with E-state index in [0.29, 0.717) is 22.8 Å². The van der Waals surface area contributed by atoms with Crippen molar-refractivity contribution in [2.45, 2.75) is 26.8 Å². The number of aliphatic hydroxyl groups excluding tert-OH is 1. The van der Waals surface area contributed by atoms with Gasteiger partial charge in [-0.15, -0.1) is 0 Å². The molecule has 1 saturated heterocycles. The van der Waals surface area contributed by atoms with Gasteiger partial charge in [-0.2, -0.15) is 0 Å². The molecule has 1 aromatic heterocycles. The molecule has 0 radical (unpaired) electrons. The Morgan fingerprint density at radius 3 is 2.42 bits per heavy atom. The van der Waals surface area contributed by atoms with Gasteiger partial charge in [0.05, 0.1) is 5.57 Å². The quantitative estimate of drug-likeness (QED) is 0.243. The molecule has 1 aliphatic heterocycles. The van der Waals surface area contributed by atoms with Gasteiger partial charge in [0, 0.05) is 11.3 Å². The molecular weight excluding hydrogens is 414 g/mol. The van der Waals surface area contributed by atoms with Crippen LogP contribution in [0, 0.1) is 20.8 Å². The molecule has 5 heteroatoms. The van der Waals surface area contributed by atoms with Crippen molar-refractivity contribution in [1.82, 2.24) is 0 Å². The highest BCUT2D eigenvalue weighted by Gasteiger charge is 2.48. The van der Waals surface area contributed by atoms with Gasteiger partial charge in [0.2, 0.25) is 0 Å². The first kappa shape index (κ1) is 20.8. The van der Waals surface area contributed by atoms with Crippen molar-refractivity contribution < 1.29 is 19.1 Å². The zero-order valence-corrected chi connectivity index (χ0v) is 18.6. The van der Waals surface area contributed by atoms with Crippen LogP contribution in [-0.2, 0) is 9.59 Å². The van der Waals surface area contributed by atoms with Crippen molar-refractivity contribution in [3.8, 4) is 0 Å². The smallest absolute Gasteiger partial charge is 0.300 e. The molecule has 5 nitrogen and oxygen atoms in total. The van der Waals surface area contributed by atoms with E-state index in [1.54, 1.807) is 25.1 Å². The van der Waals surface area contributed by atoms with Crippen LogP contribution in [0.25, 0.3) is 16.5 Å². The molecule has 0 bridgehead atoms. The van der Waals surface area contributed by atoms with Gasteiger partial charge < -0.3 is 9.52 Å². The first-order valence-electron chi connectivity index (χ1n) is 10.8. The van der Waals surface area contributed by atoms with E-state index in [1.807, 2.05) is 68.4 Å². The molecule has 164 valence electrons. The van der Waals surface area contributed by atoms with Crippen LogP contribution in [0.2, 0.25) is 0 Å². The number of aliphatic hydroxyl groups is 1. The van der Waals surface area contributed by atoms with Crippen LogP contribution < -0.4 is 4.90 Å². The van der Waals surface area contributed by atoms with Gasteiger partial charge in [0.25, 0.3) is 11.7 Å². The molecule has 1 N–H and O–H groups in total. The number of aryl methyl sites for hydroxylation is 3. The Morgan fingerprint density at radius 1 is 0.909 bits per heavy atom. The number of nitrogens with zero attached hydrogens (tertiary/aromatic N) is 1. The molecule has 33 heavy (non-hydrogen) atoms. The lowest BCUT2D eigenvalue weighted by Gasteiger charge is -2.25. The second-order valence-corrected chi connectivity index (χ2v) is 8.43. The number of furan rings is 1. The standard InChI is InChI=1S/C28H23NO4/c1-16-11-12-17(2)22(15-16)29-25(23-14-13-18(3)33-23)24(27(31)28(29)32)26(30)21-10-6-8-19-7-4-5-9-20(19)21/h4-15,25,30H,1-3H3/b26-24-. The van der Waals surface area contributed by atoms with Crippen LogP contribution in [0.3, 0.4) is 0 Å². The topological polar surface area (TPSA) is 70.8 Å². The summed E-state index contributed by atoms with van der Waals surface area (Å²) in [6, 6.07) is 21.5. The van der Waals surface area contributed by atoms with Crippen molar-refractivity contribution >= 4 is 33.9 Å². The summed E-state index contributed by atoms with van der Waals surface area (Å²) >= 11 is 0. The van der Waals surface area contributed by atoms with E-state index in [0.717, 1.165) is 21.9 Å². The molecule has 1 fully saturated rings. The second-order valence-electron chi connectivity index (χ2n) is 8.43. The van der Waals surface area contributed by atoms with Crippen molar-refractivity contribution in [3.63, 3.8) is 0 Å². The summed E-state index contributed by atoms with van der Waals surface area (Å²) in [4.78, 5) is 28.2. The average Bonchev–Trinajstić information content (AvgIpc) is 3.35. The number of anilines is 1. The fraction of sp³-hybridized carbons (Fsp3) is 0.143. The van der Waals surface area contributed by atoms with E-state index in [-0.39, 0.29) is 11.3 Å². The predicted octanol–water partition coefficient (Wildman–Crippen LogP) is 5.98. The zero-order valence-electron chi connectivity index (χ0n) is 18.6. The number of hydrogen-bond acceptors (Lipinski definition) is 4. The molecule has 1 amide bonds. The number of rotatable bonds is 3. The summed E-state index contributed by atoms with van der Waals surface area (Å²) in [6.07, 6.45) is 0. The van der Waals surface area contributed by atoms with Gasteiger partial charge in [0.1, 0.15) is 23.3 Å². The number of hydrogen-bond donors (Lipinski definition) is 1. The highest BCUT2D eigenvalue weighted by atomic mass is 16.3. The second kappa shape index (κ2) is 7.78. The maximum Gasteiger partial charge on any atom is 0.300 e. The van der Waals surface area contributed by atoms with Gasteiger partial charge in [0.15, 0.2) is 0 Å². The molecule has 5 rings (SSSR count). The average molecular weight is 437 g/mol. The first-order chi connectivity index (χ1) is 15.9. The summed E-state index contributed by atoms with van der Waals surface area (Å²) < 4.78 is 5.90. The SMILES string of the molecule is Cc1ccc(C)c(N2C(=O)C(=O)/C(=C(\O)c3cccc4ccccc34)C2c2ccc(C)o2)c1. The molecule has 1 atom stereocenters. The number of ketones is 1. The van der Waals surface area contributed by atoms with Crippen LogP contribution in [0.1, 0.15) is 34.3 Å². The van der Waals surface area contributed by atoms with E-state index >= 15 is 0 Å². The fourth-order valence-corrected chi connectivity index (χ4v) is 4.51. The Labute approximate surface area is 191 Å². The van der Waals surface area contributed by atoms with Crippen molar-refractivity contribution in [1.29, 1.82) is 0 Å². The van der Waals surface area contributed by atoms with E-state index < -0.39 is 17.7 Å². The van der Waals surface area contributed by atoms with Crippen molar-refractivity contribution in [2.75, 3.05) is 4.90 Å². The largest absolute Gasteiger partial charge is 0.507 e. The minimum Gasteiger partial charge on any atom is -0.507 e. The number of carbonyl (C=O) groups excluding carboxylic acids is 2. The van der Waals surface area contributed by atoms with Crippen molar-refractivity contribution in [2.24, 2.45) is 0 Å². The maximum atomic E-state index is 13.4. The fourth-order valence-electron chi connectivity index (χ4n) is 4.51. The third-order valence-electron chi connectivity index (χ3n) is 6.14. The Morgan fingerprint density at radius 2 is 1.67 bits per heavy atom. The normalized spacial score (nSPS) is 17.8. The van der Waals surface area contributed by atoms with Crippen LogP contribution in [0.15, 0.2) is 82.8 Å². The lowest BCUT2D eigenvalue weighted by atomic mass is 9.95. The van der Waals surface area contributed by atoms with E-state index in [9.17, 15) is 14.7 Å². The minimum absolute atomic E-state index is 0.0200. The third-order valence-corrected chi connectivity index (χ3v) is 6.14. The van der Waals surface area contributed by atoms with E-state index in [2.05, 4.69) is 0 Å². The van der Waals surface area contributed by atoms with E-state index in [1.165, 1.54) is 4.90 Å².